The van der Waals surface area contributed by atoms with E-state index < -0.39 is 11.7 Å². The molecule has 0 spiro atoms. The molecular weight excluding hydrogens is 227 g/mol. The third-order valence-electron chi connectivity index (χ3n) is 1.30. The van der Waals surface area contributed by atoms with Crippen molar-refractivity contribution >= 4 is 21.8 Å². The third kappa shape index (κ3) is 1.80. The molecule has 3 nitrogen and oxygen atoms in total. The Kier molecular flexibility index (Phi) is 2.78. The number of hydrazine groups is 1. The van der Waals surface area contributed by atoms with Crippen LogP contribution in [0.3, 0.4) is 0 Å². The zero-order valence-electron chi connectivity index (χ0n) is 5.97. The van der Waals surface area contributed by atoms with Crippen LogP contribution in [0.5, 0.6) is 0 Å². The highest BCUT2D eigenvalue weighted by atomic mass is 79.9. The summed E-state index contributed by atoms with van der Waals surface area (Å²) in [4.78, 5) is 10.9. The first kappa shape index (κ1) is 9.15. The Morgan fingerprint density at radius 1 is 1.58 bits per heavy atom. The lowest BCUT2D eigenvalue weighted by molar-refractivity contribution is 0.0949. The molecule has 0 saturated carbocycles. The Morgan fingerprint density at radius 3 is 2.83 bits per heavy atom. The highest BCUT2D eigenvalue weighted by Gasteiger charge is 2.09. The second kappa shape index (κ2) is 3.64. The first-order valence-corrected chi connectivity index (χ1v) is 3.90. The largest absolute Gasteiger partial charge is 0.290 e. The molecular formula is C7H6BrFN2O. The standard InChI is InChI=1S/C7H6BrFN2O/c8-4-1-2-6(9)5(3-4)7(12)11-10/h1-3H,10H2,(H,11,12). The monoisotopic (exact) mass is 232 g/mol. The second-order valence-corrected chi connectivity index (χ2v) is 3.01. The highest BCUT2D eigenvalue weighted by molar-refractivity contribution is 9.10. The van der Waals surface area contributed by atoms with Crippen LogP contribution >= 0.6 is 15.9 Å². The second-order valence-electron chi connectivity index (χ2n) is 2.10. The van der Waals surface area contributed by atoms with Crippen LogP contribution in [0.4, 0.5) is 4.39 Å². The molecule has 0 radical (unpaired) electrons. The quantitative estimate of drug-likeness (QED) is 0.435. The van der Waals surface area contributed by atoms with Crippen LogP contribution in [0.1, 0.15) is 10.4 Å². The molecule has 3 N–H and O–H groups in total. The Balaban J connectivity index is 3.13. The fourth-order valence-corrected chi connectivity index (χ4v) is 1.11. The molecule has 1 amide bonds. The van der Waals surface area contributed by atoms with Crippen LogP contribution in [0.15, 0.2) is 22.7 Å². The van der Waals surface area contributed by atoms with Crippen molar-refractivity contribution in [2.24, 2.45) is 5.84 Å². The number of nitrogens with two attached hydrogens (primary N) is 1. The van der Waals surface area contributed by atoms with Crippen molar-refractivity contribution in [1.29, 1.82) is 0 Å². The molecule has 0 saturated heterocycles. The van der Waals surface area contributed by atoms with Gasteiger partial charge in [0.05, 0.1) is 5.56 Å². The van der Waals surface area contributed by atoms with E-state index in [0.717, 1.165) is 0 Å². The Hall–Kier alpha value is -0.940. The van der Waals surface area contributed by atoms with Gasteiger partial charge < -0.3 is 0 Å². The first-order valence-electron chi connectivity index (χ1n) is 3.11. The van der Waals surface area contributed by atoms with Gasteiger partial charge in [-0.05, 0) is 18.2 Å². The number of carbonyl (C=O) groups excluding carboxylic acids is 1. The molecule has 1 rings (SSSR count). The molecule has 0 aliphatic rings. The van der Waals surface area contributed by atoms with Gasteiger partial charge in [-0.25, -0.2) is 10.2 Å². The lowest BCUT2D eigenvalue weighted by atomic mass is 10.2. The predicted molar refractivity (Wildman–Crippen MR) is 45.8 cm³/mol. The van der Waals surface area contributed by atoms with Gasteiger partial charge in [0.15, 0.2) is 0 Å². The van der Waals surface area contributed by atoms with Gasteiger partial charge in [0.25, 0.3) is 5.91 Å². The maximum absolute atomic E-state index is 12.9. The number of rotatable bonds is 1. The molecule has 0 bridgehead atoms. The number of nitrogens with one attached hydrogen (secondary N) is 1. The summed E-state index contributed by atoms with van der Waals surface area (Å²) in [5.74, 6) is 3.60. The van der Waals surface area contributed by atoms with Crippen molar-refractivity contribution in [2.75, 3.05) is 0 Å². The summed E-state index contributed by atoms with van der Waals surface area (Å²) in [7, 11) is 0. The number of nitrogen functional groups attached to an aromatic ring is 1. The number of carbonyl (C=O) groups is 1. The summed E-state index contributed by atoms with van der Waals surface area (Å²) in [6, 6.07) is 4.05. The molecule has 12 heavy (non-hydrogen) atoms. The number of halogens is 2. The summed E-state index contributed by atoms with van der Waals surface area (Å²) in [5, 5.41) is 0. The Bertz CT molecular complexity index is 316. The SMILES string of the molecule is NNC(=O)c1cc(Br)ccc1F. The lowest BCUT2D eigenvalue weighted by Crippen LogP contribution is -2.30. The minimum absolute atomic E-state index is 0.0770. The molecule has 5 heteroatoms. The van der Waals surface area contributed by atoms with E-state index in [-0.39, 0.29) is 5.56 Å². The van der Waals surface area contributed by atoms with Gasteiger partial charge in [-0.3, -0.25) is 10.2 Å². The maximum atomic E-state index is 12.9. The summed E-state index contributed by atoms with van der Waals surface area (Å²) in [5.41, 5.74) is 1.77. The molecule has 64 valence electrons. The first-order chi connectivity index (χ1) is 5.65. The molecule has 1 aromatic carbocycles. The molecule has 0 fully saturated rings. The number of hydrogen-bond acceptors (Lipinski definition) is 2. The Labute approximate surface area is 76.9 Å². The van der Waals surface area contributed by atoms with Crippen LogP contribution in [0.2, 0.25) is 0 Å². The van der Waals surface area contributed by atoms with Gasteiger partial charge >= 0.3 is 0 Å². The van der Waals surface area contributed by atoms with E-state index in [1.165, 1.54) is 18.2 Å². The molecule has 0 atom stereocenters. The molecule has 0 aromatic heterocycles. The fourth-order valence-electron chi connectivity index (χ4n) is 0.749. The van der Waals surface area contributed by atoms with Crippen molar-refractivity contribution in [2.45, 2.75) is 0 Å². The molecule has 0 aliphatic carbocycles. The zero-order chi connectivity index (χ0) is 9.14. The molecule has 0 aliphatic heterocycles. The highest BCUT2D eigenvalue weighted by Crippen LogP contribution is 2.14. The number of amides is 1. The topological polar surface area (TPSA) is 55.1 Å². The predicted octanol–water partition coefficient (Wildman–Crippen LogP) is 1.19. The maximum Gasteiger partial charge on any atom is 0.268 e. The average Bonchev–Trinajstić information content (AvgIpc) is 2.08. The van der Waals surface area contributed by atoms with Crippen LogP contribution in [-0.2, 0) is 0 Å². The smallest absolute Gasteiger partial charge is 0.268 e. The number of benzene rings is 1. The summed E-state index contributed by atoms with van der Waals surface area (Å²) >= 11 is 3.11. The summed E-state index contributed by atoms with van der Waals surface area (Å²) in [6.45, 7) is 0. The van der Waals surface area contributed by atoms with Crippen LogP contribution in [0, 0.1) is 5.82 Å². The van der Waals surface area contributed by atoms with Crippen molar-refractivity contribution in [3.8, 4) is 0 Å². The third-order valence-corrected chi connectivity index (χ3v) is 1.80. The van der Waals surface area contributed by atoms with E-state index in [0.29, 0.717) is 4.47 Å². The summed E-state index contributed by atoms with van der Waals surface area (Å²) in [6.07, 6.45) is 0. The van der Waals surface area contributed by atoms with E-state index in [4.69, 9.17) is 5.84 Å². The van der Waals surface area contributed by atoms with Crippen molar-refractivity contribution in [3.63, 3.8) is 0 Å². The van der Waals surface area contributed by atoms with Crippen molar-refractivity contribution < 1.29 is 9.18 Å². The van der Waals surface area contributed by atoms with Crippen LogP contribution < -0.4 is 11.3 Å². The molecule has 0 unspecified atom stereocenters. The minimum Gasteiger partial charge on any atom is -0.290 e. The summed E-state index contributed by atoms with van der Waals surface area (Å²) < 4.78 is 13.5. The van der Waals surface area contributed by atoms with E-state index in [1.54, 1.807) is 0 Å². The van der Waals surface area contributed by atoms with Crippen LogP contribution in [0.25, 0.3) is 0 Å². The van der Waals surface area contributed by atoms with Gasteiger partial charge in [0, 0.05) is 4.47 Å². The van der Waals surface area contributed by atoms with Crippen LogP contribution in [-0.4, -0.2) is 5.91 Å². The average molecular weight is 233 g/mol. The Morgan fingerprint density at radius 2 is 2.25 bits per heavy atom. The number of hydrogen-bond donors (Lipinski definition) is 2. The van der Waals surface area contributed by atoms with E-state index in [1.807, 2.05) is 5.43 Å². The normalized spacial score (nSPS) is 9.58. The van der Waals surface area contributed by atoms with E-state index in [2.05, 4.69) is 15.9 Å². The van der Waals surface area contributed by atoms with Gasteiger partial charge in [-0.1, -0.05) is 15.9 Å². The van der Waals surface area contributed by atoms with E-state index >= 15 is 0 Å². The molecule has 1 aromatic rings. The molecule has 0 heterocycles. The van der Waals surface area contributed by atoms with Crippen molar-refractivity contribution in [1.82, 2.24) is 5.43 Å². The van der Waals surface area contributed by atoms with E-state index in [9.17, 15) is 9.18 Å². The lowest BCUT2D eigenvalue weighted by Gasteiger charge is -2.00. The fraction of sp³-hybridized carbons (Fsp3) is 0. The van der Waals surface area contributed by atoms with Gasteiger partial charge in [-0.2, -0.15) is 0 Å². The minimum atomic E-state index is -0.645. The van der Waals surface area contributed by atoms with Gasteiger partial charge in [-0.15, -0.1) is 0 Å². The van der Waals surface area contributed by atoms with Gasteiger partial charge in [0.1, 0.15) is 5.82 Å². The zero-order valence-corrected chi connectivity index (χ0v) is 7.56. The van der Waals surface area contributed by atoms with Crippen molar-refractivity contribution in [3.05, 3.63) is 34.1 Å². The van der Waals surface area contributed by atoms with Gasteiger partial charge in [0.2, 0.25) is 0 Å².